The van der Waals surface area contributed by atoms with E-state index >= 15 is 0 Å². The molecule has 1 saturated carbocycles. The van der Waals surface area contributed by atoms with E-state index in [0.29, 0.717) is 17.4 Å². The number of aromatic nitrogens is 1. The highest BCUT2D eigenvalue weighted by Gasteiger charge is 2.29. The molecule has 1 atom stereocenters. The number of morpholine rings is 1. The Morgan fingerprint density at radius 3 is 2.72 bits per heavy atom. The van der Waals surface area contributed by atoms with Crippen LogP contribution in [-0.2, 0) is 4.74 Å². The van der Waals surface area contributed by atoms with Gasteiger partial charge in [0.15, 0.2) is 0 Å². The van der Waals surface area contributed by atoms with Gasteiger partial charge in [0.25, 0.3) is 5.91 Å². The van der Waals surface area contributed by atoms with E-state index in [-0.39, 0.29) is 11.5 Å². The van der Waals surface area contributed by atoms with Crippen molar-refractivity contribution in [1.82, 2.24) is 14.8 Å². The minimum atomic E-state index is -0.158. The molecule has 0 radical (unpaired) electrons. The third-order valence-electron chi connectivity index (χ3n) is 5.56. The number of hydrogen-bond donors (Lipinski definition) is 1. The molecular formula is C19H27N3O3. The van der Waals surface area contributed by atoms with Crippen LogP contribution in [0.3, 0.4) is 0 Å². The Labute approximate surface area is 148 Å². The van der Waals surface area contributed by atoms with E-state index < -0.39 is 0 Å². The molecule has 3 heterocycles. The van der Waals surface area contributed by atoms with Crippen molar-refractivity contribution in [3.8, 4) is 0 Å². The summed E-state index contributed by atoms with van der Waals surface area (Å²) >= 11 is 0. The number of piperidine rings is 1. The van der Waals surface area contributed by atoms with Gasteiger partial charge in [0, 0.05) is 50.0 Å². The van der Waals surface area contributed by atoms with E-state index in [1.54, 1.807) is 0 Å². The van der Waals surface area contributed by atoms with Gasteiger partial charge in [0.2, 0.25) is 5.56 Å². The zero-order chi connectivity index (χ0) is 17.2. The van der Waals surface area contributed by atoms with Crippen LogP contribution < -0.4 is 5.56 Å². The molecule has 0 unspecified atom stereocenters. The fourth-order valence-electron chi connectivity index (χ4n) is 4.03. The molecule has 3 fully saturated rings. The number of H-pyrrole nitrogens is 1. The quantitative estimate of drug-likeness (QED) is 0.897. The first kappa shape index (κ1) is 16.8. The lowest BCUT2D eigenvalue weighted by atomic mass is 9.96. The fourth-order valence-corrected chi connectivity index (χ4v) is 4.03. The molecule has 1 aromatic heterocycles. The number of aromatic amines is 1. The molecule has 0 spiro atoms. The summed E-state index contributed by atoms with van der Waals surface area (Å²) in [5.74, 6) is 0.969. The molecular weight excluding hydrogens is 318 g/mol. The number of amides is 1. The molecule has 25 heavy (non-hydrogen) atoms. The topological polar surface area (TPSA) is 65.6 Å². The maximum absolute atomic E-state index is 12.9. The maximum Gasteiger partial charge on any atom is 0.254 e. The molecule has 2 saturated heterocycles. The van der Waals surface area contributed by atoms with Crippen LogP contribution in [0.1, 0.15) is 47.7 Å². The lowest BCUT2D eigenvalue weighted by Crippen LogP contribution is -2.46. The first-order chi connectivity index (χ1) is 12.2. The molecule has 136 valence electrons. The summed E-state index contributed by atoms with van der Waals surface area (Å²) in [4.78, 5) is 32.1. The van der Waals surface area contributed by atoms with E-state index in [0.717, 1.165) is 70.9 Å². The molecule has 0 bridgehead atoms. The molecule has 6 heteroatoms. The predicted octanol–water partition coefficient (Wildman–Crippen LogP) is 1.44. The average Bonchev–Trinajstić information content (AvgIpc) is 3.47. The van der Waals surface area contributed by atoms with Gasteiger partial charge in [-0.1, -0.05) is 0 Å². The molecule has 1 aromatic rings. The highest BCUT2D eigenvalue weighted by atomic mass is 16.5. The van der Waals surface area contributed by atoms with E-state index in [1.807, 2.05) is 11.0 Å². The van der Waals surface area contributed by atoms with Gasteiger partial charge >= 0.3 is 0 Å². The van der Waals surface area contributed by atoms with Gasteiger partial charge in [-0.3, -0.25) is 14.5 Å². The van der Waals surface area contributed by atoms with Crippen molar-refractivity contribution >= 4 is 5.91 Å². The molecule has 6 nitrogen and oxygen atoms in total. The number of pyridine rings is 1. The summed E-state index contributed by atoms with van der Waals surface area (Å²) in [5, 5.41) is 0. The summed E-state index contributed by atoms with van der Waals surface area (Å²) in [6.45, 7) is 6.23. The second-order valence-electron chi connectivity index (χ2n) is 7.64. The number of hydrogen-bond acceptors (Lipinski definition) is 4. The van der Waals surface area contributed by atoms with Crippen molar-refractivity contribution in [3.05, 3.63) is 33.7 Å². The number of carbonyl (C=O) groups excluding carboxylic acids is 1. The van der Waals surface area contributed by atoms with Crippen LogP contribution in [0.15, 0.2) is 16.9 Å². The third kappa shape index (κ3) is 4.12. The normalized spacial score (nSPS) is 25.1. The summed E-state index contributed by atoms with van der Waals surface area (Å²) in [6.07, 6.45) is 4.43. The smallest absolute Gasteiger partial charge is 0.254 e. The number of nitrogens with zero attached hydrogens (tertiary/aromatic N) is 2. The summed E-state index contributed by atoms with van der Waals surface area (Å²) in [7, 11) is 0. The first-order valence-corrected chi connectivity index (χ1v) is 9.52. The number of likely N-dealkylation sites (tertiary alicyclic amines) is 1. The second kappa shape index (κ2) is 7.30. The van der Waals surface area contributed by atoms with E-state index in [1.165, 1.54) is 12.5 Å². The molecule has 1 amide bonds. The second-order valence-corrected chi connectivity index (χ2v) is 7.64. The van der Waals surface area contributed by atoms with Crippen molar-refractivity contribution < 1.29 is 9.53 Å². The molecule has 1 N–H and O–H groups in total. The minimum Gasteiger partial charge on any atom is -0.379 e. The predicted molar refractivity (Wildman–Crippen MR) is 94.9 cm³/mol. The lowest BCUT2D eigenvalue weighted by molar-refractivity contribution is 0.0224. The maximum atomic E-state index is 12.9. The fraction of sp³-hybridized carbons (Fsp3) is 0.684. The molecule has 4 rings (SSSR count). The van der Waals surface area contributed by atoms with Crippen LogP contribution in [-0.4, -0.2) is 66.6 Å². The van der Waals surface area contributed by atoms with Gasteiger partial charge in [-0.25, -0.2) is 0 Å². The van der Waals surface area contributed by atoms with E-state index in [2.05, 4.69) is 9.88 Å². The minimum absolute atomic E-state index is 0.0136. The van der Waals surface area contributed by atoms with Crippen LogP contribution in [0.5, 0.6) is 0 Å². The van der Waals surface area contributed by atoms with Gasteiger partial charge in [-0.15, -0.1) is 0 Å². The third-order valence-corrected chi connectivity index (χ3v) is 5.56. The molecule has 2 aliphatic heterocycles. The van der Waals surface area contributed by atoms with Gasteiger partial charge in [-0.05, 0) is 43.6 Å². The Morgan fingerprint density at radius 2 is 1.96 bits per heavy atom. The average molecular weight is 345 g/mol. The van der Waals surface area contributed by atoms with Crippen molar-refractivity contribution in [2.75, 3.05) is 45.9 Å². The Bertz CT molecular complexity index is 677. The standard InChI is InChI=1S/C19H27N3O3/c23-18-11-16(10-17(20-18)15-3-4-15)19(24)22-5-1-2-14(13-22)12-21-6-8-25-9-7-21/h10-11,14-15H,1-9,12-13H2,(H,20,23)/t14-/m1/s1. The van der Waals surface area contributed by atoms with Crippen LogP contribution in [0.2, 0.25) is 0 Å². The van der Waals surface area contributed by atoms with Gasteiger partial charge in [0.05, 0.1) is 13.2 Å². The van der Waals surface area contributed by atoms with Crippen molar-refractivity contribution in [2.45, 2.75) is 31.6 Å². The number of ether oxygens (including phenoxy) is 1. The molecule has 3 aliphatic rings. The summed E-state index contributed by atoms with van der Waals surface area (Å²) < 4.78 is 5.41. The number of rotatable bonds is 4. The van der Waals surface area contributed by atoms with Gasteiger partial charge in [0.1, 0.15) is 0 Å². The largest absolute Gasteiger partial charge is 0.379 e. The Kier molecular flexibility index (Phi) is 4.90. The number of nitrogens with one attached hydrogen (secondary N) is 1. The highest BCUT2D eigenvalue weighted by molar-refractivity contribution is 5.94. The Balaban J connectivity index is 1.42. The first-order valence-electron chi connectivity index (χ1n) is 9.52. The van der Waals surface area contributed by atoms with Crippen LogP contribution in [0, 0.1) is 5.92 Å². The van der Waals surface area contributed by atoms with E-state index in [4.69, 9.17) is 4.74 Å². The zero-order valence-corrected chi connectivity index (χ0v) is 14.7. The number of carbonyl (C=O) groups is 1. The summed E-state index contributed by atoms with van der Waals surface area (Å²) in [6, 6.07) is 3.35. The van der Waals surface area contributed by atoms with Gasteiger partial charge < -0.3 is 14.6 Å². The SMILES string of the molecule is O=C(c1cc(C2CC2)[nH]c(=O)c1)N1CCC[C@H](CN2CCOCC2)C1. The highest BCUT2D eigenvalue weighted by Crippen LogP contribution is 2.38. The molecule has 0 aromatic carbocycles. The van der Waals surface area contributed by atoms with Gasteiger partial charge in [-0.2, -0.15) is 0 Å². The van der Waals surface area contributed by atoms with Crippen molar-refractivity contribution in [1.29, 1.82) is 0 Å². The Morgan fingerprint density at radius 1 is 1.16 bits per heavy atom. The van der Waals surface area contributed by atoms with Crippen LogP contribution >= 0.6 is 0 Å². The molecule has 1 aliphatic carbocycles. The van der Waals surface area contributed by atoms with Crippen LogP contribution in [0.25, 0.3) is 0 Å². The van der Waals surface area contributed by atoms with E-state index in [9.17, 15) is 9.59 Å². The van der Waals surface area contributed by atoms with Crippen molar-refractivity contribution in [2.24, 2.45) is 5.92 Å². The Hall–Kier alpha value is -1.66. The zero-order valence-electron chi connectivity index (χ0n) is 14.7. The van der Waals surface area contributed by atoms with Crippen LogP contribution in [0.4, 0.5) is 0 Å². The van der Waals surface area contributed by atoms with Crippen molar-refractivity contribution in [3.63, 3.8) is 0 Å². The lowest BCUT2D eigenvalue weighted by Gasteiger charge is -2.36. The monoisotopic (exact) mass is 345 g/mol. The summed E-state index contributed by atoms with van der Waals surface area (Å²) in [5.41, 5.74) is 1.32.